The van der Waals surface area contributed by atoms with Gasteiger partial charge >= 0.3 is 12.1 Å². The molecule has 7 nitrogen and oxygen atoms in total. The molecule has 2 amide bonds. The van der Waals surface area contributed by atoms with Gasteiger partial charge in [-0.25, -0.2) is 0 Å². The van der Waals surface area contributed by atoms with Gasteiger partial charge in [0.05, 0.1) is 11.6 Å². The number of likely N-dealkylation sites (N-methyl/N-ethyl adjacent to an activating group) is 2. The molecule has 10 heteroatoms. The molecule has 1 aliphatic heterocycles. The lowest BCUT2D eigenvalue weighted by Gasteiger charge is -2.35. The van der Waals surface area contributed by atoms with E-state index < -0.39 is 41.3 Å². The second-order valence-corrected chi connectivity index (χ2v) is 9.79. The molecule has 0 saturated heterocycles. The first-order valence-corrected chi connectivity index (χ1v) is 11.4. The van der Waals surface area contributed by atoms with Crippen LogP contribution in [0, 0.1) is 0 Å². The fraction of sp³-hybridized carbons (Fsp3) is 0.560. The van der Waals surface area contributed by atoms with Crippen LogP contribution in [0.25, 0.3) is 0 Å². The van der Waals surface area contributed by atoms with E-state index in [0.717, 1.165) is 17.7 Å². The van der Waals surface area contributed by atoms with Crippen molar-refractivity contribution in [3.63, 3.8) is 0 Å². The van der Waals surface area contributed by atoms with Gasteiger partial charge in [-0.3, -0.25) is 14.4 Å². The van der Waals surface area contributed by atoms with Crippen molar-refractivity contribution in [2.75, 3.05) is 27.2 Å². The Labute approximate surface area is 204 Å². The van der Waals surface area contributed by atoms with E-state index in [1.165, 1.54) is 29.0 Å². The fourth-order valence-electron chi connectivity index (χ4n) is 3.82. The zero-order chi connectivity index (χ0) is 26.6. The Morgan fingerprint density at radius 2 is 1.80 bits per heavy atom. The zero-order valence-corrected chi connectivity index (χ0v) is 21.0. The van der Waals surface area contributed by atoms with E-state index in [2.05, 4.69) is 5.32 Å². The van der Waals surface area contributed by atoms with Gasteiger partial charge in [-0.1, -0.05) is 23.8 Å². The Hall–Kier alpha value is -2.88. The lowest BCUT2D eigenvalue weighted by Crippen LogP contribution is -2.56. The summed E-state index contributed by atoms with van der Waals surface area (Å²) in [6.45, 7) is 6.84. The largest absolute Gasteiger partial charge is 0.459 e. The van der Waals surface area contributed by atoms with Gasteiger partial charge in [0, 0.05) is 20.0 Å². The summed E-state index contributed by atoms with van der Waals surface area (Å²) in [5.41, 5.74) is -0.188. The number of amides is 2. The predicted octanol–water partition coefficient (Wildman–Crippen LogP) is 3.18. The number of esters is 1. The molecule has 0 spiro atoms. The van der Waals surface area contributed by atoms with Crippen LogP contribution in [0.2, 0.25) is 0 Å². The molecule has 0 saturated carbocycles. The van der Waals surface area contributed by atoms with Crippen molar-refractivity contribution in [1.29, 1.82) is 0 Å². The van der Waals surface area contributed by atoms with Crippen LogP contribution in [-0.2, 0) is 31.7 Å². The standard InChI is InChI=1S/C25H34F3N3O4/c1-16-7-12-19(29-5)22(33)31(14-16)20(13-17-8-10-18(11-9-17)25(26,27)28)23(34)30(6)15-21(32)35-24(2,3)4/h7-11,19-20,29H,12-15H2,1-6H3/t19-,20-/m0/s1. The average molecular weight is 498 g/mol. The third-order valence-corrected chi connectivity index (χ3v) is 5.59. The minimum atomic E-state index is -4.48. The van der Waals surface area contributed by atoms with Gasteiger partial charge in [0.2, 0.25) is 11.8 Å². The molecule has 194 valence electrons. The highest BCUT2D eigenvalue weighted by Crippen LogP contribution is 2.29. The number of halogens is 3. The number of hydrogen-bond donors (Lipinski definition) is 1. The van der Waals surface area contributed by atoms with Crippen molar-refractivity contribution in [1.82, 2.24) is 15.1 Å². The van der Waals surface area contributed by atoms with Crippen LogP contribution in [0.1, 0.15) is 45.2 Å². The zero-order valence-electron chi connectivity index (χ0n) is 21.0. The maximum atomic E-state index is 13.5. The summed E-state index contributed by atoms with van der Waals surface area (Å²) in [6, 6.07) is 2.94. The van der Waals surface area contributed by atoms with E-state index in [1.807, 2.05) is 13.0 Å². The third-order valence-electron chi connectivity index (χ3n) is 5.59. The molecule has 0 aromatic heterocycles. The fourth-order valence-corrected chi connectivity index (χ4v) is 3.82. The normalized spacial score (nSPS) is 18.0. The molecule has 1 heterocycles. The summed E-state index contributed by atoms with van der Waals surface area (Å²) < 4.78 is 44.3. The average Bonchev–Trinajstić information content (AvgIpc) is 2.87. The maximum Gasteiger partial charge on any atom is 0.416 e. The smallest absolute Gasteiger partial charge is 0.416 e. The molecule has 2 atom stereocenters. The number of carbonyl (C=O) groups excluding carboxylic acids is 3. The van der Waals surface area contributed by atoms with E-state index in [9.17, 15) is 27.6 Å². The van der Waals surface area contributed by atoms with Crippen LogP contribution in [0.4, 0.5) is 13.2 Å². The summed E-state index contributed by atoms with van der Waals surface area (Å²) in [5, 5.41) is 2.95. The third kappa shape index (κ3) is 8.09. The lowest BCUT2D eigenvalue weighted by atomic mass is 10.0. The molecule has 0 bridgehead atoms. The highest BCUT2D eigenvalue weighted by molar-refractivity contribution is 5.92. The molecule has 35 heavy (non-hydrogen) atoms. The molecule has 2 rings (SSSR count). The van der Waals surface area contributed by atoms with Gasteiger partial charge < -0.3 is 19.9 Å². The van der Waals surface area contributed by atoms with Crippen molar-refractivity contribution in [3.05, 3.63) is 47.0 Å². The van der Waals surface area contributed by atoms with E-state index in [0.29, 0.717) is 12.0 Å². The van der Waals surface area contributed by atoms with Crippen LogP contribution >= 0.6 is 0 Å². The number of ether oxygens (including phenoxy) is 1. The molecule has 1 aliphatic rings. The molecule has 1 aromatic carbocycles. The highest BCUT2D eigenvalue weighted by Gasteiger charge is 2.37. The summed E-state index contributed by atoms with van der Waals surface area (Å²) in [4.78, 5) is 41.8. The van der Waals surface area contributed by atoms with Crippen molar-refractivity contribution in [3.8, 4) is 0 Å². The number of alkyl halides is 3. The number of hydrogen-bond acceptors (Lipinski definition) is 5. The molecule has 0 fully saturated rings. The van der Waals surface area contributed by atoms with Crippen LogP contribution in [0.5, 0.6) is 0 Å². The Morgan fingerprint density at radius 3 is 2.31 bits per heavy atom. The summed E-state index contributed by atoms with van der Waals surface area (Å²) in [6.07, 6.45) is -2.12. The van der Waals surface area contributed by atoms with Crippen LogP contribution in [-0.4, -0.2) is 72.5 Å². The number of carbonyl (C=O) groups is 3. The van der Waals surface area contributed by atoms with Gasteiger partial charge in [0.15, 0.2) is 0 Å². The molecule has 0 unspecified atom stereocenters. The molecular weight excluding hydrogens is 463 g/mol. The minimum Gasteiger partial charge on any atom is -0.459 e. The molecule has 0 aliphatic carbocycles. The van der Waals surface area contributed by atoms with Crippen LogP contribution in [0.15, 0.2) is 35.9 Å². The molecule has 1 aromatic rings. The quantitative estimate of drug-likeness (QED) is 0.463. The van der Waals surface area contributed by atoms with E-state index >= 15 is 0 Å². The van der Waals surface area contributed by atoms with Crippen LogP contribution in [0.3, 0.4) is 0 Å². The molecular formula is C25H34F3N3O4. The first-order chi connectivity index (χ1) is 16.1. The Bertz CT molecular complexity index is 952. The van der Waals surface area contributed by atoms with Gasteiger partial charge in [0.1, 0.15) is 18.2 Å². The van der Waals surface area contributed by atoms with Crippen molar-refractivity contribution < 1.29 is 32.3 Å². The Balaban J connectivity index is 2.37. The SMILES string of the molecule is CN[C@H]1CC=C(C)CN([C@@H](Cc2ccc(C(F)(F)F)cc2)C(=O)N(C)CC(=O)OC(C)(C)C)C1=O. The van der Waals surface area contributed by atoms with E-state index in [4.69, 9.17) is 4.74 Å². The van der Waals surface area contributed by atoms with Gasteiger partial charge in [-0.15, -0.1) is 0 Å². The predicted molar refractivity (Wildman–Crippen MR) is 125 cm³/mol. The van der Waals surface area contributed by atoms with Crippen molar-refractivity contribution >= 4 is 17.8 Å². The van der Waals surface area contributed by atoms with Gasteiger partial charge in [-0.2, -0.15) is 13.2 Å². The first kappa shape index (κ1) is 28.4. The number of nitrogens with zero attached hydrogens (tertiary/aromatic N) is 2. The number of nitrogens with one attached hydrogen (secondary N) is 1. The van der Waals surface area contributed by atoms with E-state index in [-0.39, 0.29) is 25.4 Å². The van der Waals surface area contributed by atoms with Crippen molar-refractivity contribution in [2.45, 2.75) is 64.4 Å². The highest BCUT2D eigenvalue weighted by atomic mass is 19.4. The first-order valence-electron chi connectivity index (χ1n) is 11.4. The summed E-state index contributed by atoms with van der Waals surface area (Å²) in [5.74, 6) is -1.40. The molecule has 0 radical (unpaired) electrons. The van der Waals surface area contributed by atoms with Crippen LogP contribution < -0.4 is 5.32 Å². The van der Waals surface area contributed by atoms with Gasteiger partial charge in [0.25, 0.3) is 0 Å². The number of rotatable bonds is 7. The Morgan fingerprint density at radius 1 is 1.20 bits per heavy atom. The van der Waals surface area contributed by atoms with Crippen molar-refractivity contribution in [2.24, 2.45) is 0 Å². The second kappa shape index (κ2) is 11.2. The maximum absolute atomic E-state index is 13.5. The van der Waals surface area contributed by atoms with E-state index in [1.54, 1.807) is 27.8 Å². The monoisotopic (exact) mass is 497 g/mol. The Kier molecular flexibility index (Phi) is 9.11. The summed E-state index contributed by atoms with van der Waals surface area (Å²) >= 11 is 0. The second-order valence-electron chi connectivity index (χ2n) is 9.79. The topological polar surface area (TPSA) is 79.0 Å². The lowest BCUT2D eigenvalue weighted by molar-refractivity contribution is -0.159. The number of benzene rings is 1. The van der Waals surface area contributed by atoms with Gasteiger partial charge in [-0.05, 0) is 58.9 Å². The molecule has 1 N–H and O–H groups in total. The summed E-state index contributed by atoms with van der Waals surface area (Å²) in [7, 11) is 3.09. The minimum absolute atomic E-state index is 0.00885.